The van der Waals surface area contributed by atoms with Crippen molar-refractivity contribution in [2.75, 3.05) is 0 Å². The standard InChI is InChI=1S/C12H8BrClFN3O2/c13-7-3-8(14)9(15)4-10(7)20-11-5-17-2-1-6(11)12(16)18-19/h1-5,19H,(H2,16,18). The molecule has 0 aliphatic heterocycles. The van der Waals surface area contributed by atoms with Crippen molar-refractivity contribution in [3.63, 3.8) is 0 Å². The van der Waals surface area contributed by atoms with E-state index >= 15 is 0 Å². The van der Waals surface area contributed by atoms with E-state index in [2.05, 4.69) is 26.1 Å². The van der Waals surface area contributed by atoms with E-state index in [0.717, 1.165) is 6.07 Å². The number of hydrogen-bond acceptors (Lipinski definition) is 4. The molecule has 0 bridgehead atoms. The summed E-state index contributed by atoms with van der Waals surface area (Å²) in [6, 6.07) is 3.99. The number of ether oxygens (including phenoxy) is 1. The van der Waals surface area contributed by atoms with Crippen molar-refractivity contribution in [2.45, 2.75) is 0 Å². The van der Waals surface area contributed by atoms with E-state index in [4.69, 9.17) is 27.3 Å². The lowest BCUT2D eigenvalue weighted by atomic mass is 10.2. The van der Waals surface area contributed by atoms with E-state index in [9.17, 15) is 4.39 Å². The van der Waals surface area contributed by atoms with Gasteiger partial charge in [-0.15, -0.1) is 0 Å². The Labute approximate surface area is 127 Å². The minimum absolute atomic E-state index is 0.0351. The van der Waals surface area contributed by atoms with Crippen LogP contribution in [0.1, 0.15) is 5.56 Å². The Morgan fingerprint density at radius 2 is 2.20 bits per heavy atom. The molecule has 1 aromatic carbocycles. The van der Waals surface area contributed by atoms with Crippen molar-refractivity contribution in [2.24, 2.45) is 10.9 Å². The molecule has 104 valence electrons. The zero-order valence-corrected chi connectivity index (χ0v) is 12.2. The summed E-state index contributed by atoms with van der Waals surface area (Å²) in [6.07, 6.45) is 2.82. The summed E-state index contributed by atoms with van der Waals surface area (Å²) >= 11 is 8.86. The van der Waals surface area contributed by atoms with Crippen LogP contribution >= 0.6 is 27.5 Å². The number of aromatic nitrogens is 1. The van der Waals surface area contributed by atoms with Crippen molar-refractivity contribution < 1.29 is 14.3 Å². The maximum atomic E-state index is 13.5. The van der Waals surface area contributed by atoms with Crippen LogP contribution in [0.4, 0.5) is 4.39 Å². The lowest BCUT2D eigenvalue weighted by molar-refractivity contribution is 0.318. The Morgan fingerprint density at radius 1 is 1.45 bits per heavy atom. The number of amidine groups is 1. The Balaban J connectivity index is 2.43. The molecule has 0 fully saturated rings. The molecule has 3 N–H and O–H groups in total. The van der Waals surface area contributed by atoms with Gasteiger partial charge >= 0.3 is 0 Å². The van der Waals surface area contributed by atoms with Gasteiger partial charge in [0.05, 0.1) is 21.3 Å². The van der Waals surface area contributed by atoms with E-state index in [0.29, 0.717) is 10.0 Å². The molecule has 0 saturated heterocycles. The van der Waals surface area contributed by atoms with Gasteiger partial charge in [0.25, 0.3) is 0 Å². The minimum Gasteiger partial charge on any atom is -0.454 e. The SMILES string of the molecule is N/C(=N/O)c1ccncc1Oc1cc(F)c(Cl)cc1Br. The summed E-state index contributed by atoms with van der Waals surface area (Å²) in [5.41, 5.74) is 5.85. The molecule has 0 saturated carbocycles. The van der Waals surface area contributed by atoms with Gasteiger partial charge in [0, 0.05) is 12.3 Å². The zero-order valence-electron chi connectivity index (χ0n) is 9.85. The maximum absolute atomic E-state index is 13.5. The van der Waals surface area contributed by atoms with Crippen molar-refractivity contribution in [3.8, 4) is 11.5 Å². The number of benzene rings is 1. The zero-order chi connectivity index (χ0) is 14.7. The minimum atomic E-state index is -0.626. The fourth-order valence-corrected chi connectivity index (χ4v) is 2.15. The highest BCUT2D eigenvalue weighted by molar-refractivity contribution is 9.10. The third kappa shape index (κ3) is 3.00. The van der Waals surface area contributed by atoms with Crippen molar-refractivity contribution >= 4 is 33.4 Å². The van der Waals surface area contributed by atoms with Gasteiger partial charge in [0.2, 0.25) is 0 Å². The second-order valence-electron chi connectivity index (χ2n) is 3.66. The Kier molecular flexibility index (Phi) is 4.41. The molecule has 0 spiro atoms. The van der Waals surface area contributed by atoms with E-state index < -0.39 is 5.82 Å². The predicted molar refractivity (Wildman–Crippen MR) is 75.9 cm³/mol. The topological polar surface area (TPSA) is 80.7 Å². The molecule has 2 aromatic rings. The third-order valence-electron chi connectivity index (χ3n) is 2.36. The summed E-state index contributed by atoms with van der Waals surface area (Å²) in [6.45, 7) is 0. The molecule has 0 amide bonds. The highest BCUT2D eigenvalue weighted by Crippen LogP contribution is 2.34. The number of hydrogen-bond donors (Lipinski definition) is 2. The van der Waals surface area contributed by atoms with Crippen LogP contribution in [0.2, 0.25) is 5.02 Å². The molecule has 2 rings (SSSR count). The van der Waals surface area contributed by atoms with Crippen LogP contribution < -0.4 is 10.5 Å². The second kappa shape index (κ2) is 6.06. The Hall–Kier alpha value is -1.86. The molecule has 8 heteroatoms. The van der Waals surface area contributed by atoms with Crippen LogP contribution in [-0.2, 0) is 0 Å². The Morgan fingerprint density at radius 3 is 2.90 bits per heavy atom. The first-order valence-electron chi connectivity index (χ1n) is 5.27. The van der Waals surface area contributed by atoms with Crippen LogP contribution in [0.5, 0.6) is 11.5 Å². The van der Waals surface area contributed by atoms with E-state index in [1.54, 1.807) is 0 Å². The van der Waals surface area contributed by atoms with Crippen LogP contribution in [-0.4, -0.2) is 16.0 Å². The molecule has 5 nitrogen and oxygen atoms in total. The van der Waals surface area contributed by atoms with Gasteiger partial charge in [-0.1, -0.05) is 16.8 Å². The molecule has 1 aromatic heterocycles. The molecule has 1 heterocycles. The fourth-order valence-electron chi connectivity index (χ4n) is 1.43. The predicted octanol–water partition coefficient (Wildman–Crippen LogP) is 3.52. The number of nitrogens with zero attached hydrogens (tertiary/aromatic N) is 2. The van der Waals surface area contributed by atoms with Gasteiger partial charge in [0.15, 0.2) is 11.6 Å². The number of halogens is 3. The first-order valence-corrected chi connectivity index (χ1v) is 6.44. The number of pyridine rings is 1. The summed E-state index contributed by atoms with van der Waals surface area (Å²) in [5, 5.41) is 11.6. The summed E-state index contributed by atoms with van der Waals surface area (Å²) in [5.74, 6) is -0.371. The van der Waals surface area contributed by atoms with Crippen LogP contribution in [0.15, 0.2) is 40.2 Å². The monoisotopic (exact) mass is 359 g/mol. The van der Waals surface area contributed by atoms with Gasteiger partial charge in [-0.2, -0.15) is 0 Å². The van der Waals surface area contributed by atoms with Crippen molar-refractivity contribution in [1.82, 2.24) is 4.98 Å². The normalized spacial score (nSPS) is 11.4. The van der Waals surface area contributed by atoms with Gasteiger partial charge in [-0.05, 0) is 28.1 Å². The van der Waals surface area contributed by atoms with Gasteiger partial charge in [-0.3, -0.25) is 4.98 Å². The maximum Gasteiger partial charge on any atom is 0.173 e. The molecule has 0 atom stereocenters. The summed E-state index contributed by atoms with van der Waals surface area (Å²) < 4.78 is 19.4. The van der Waals surface area contributed by atoms with Gasteiger partial charge in [-0.25, -0.2) is 4.39 Å². The Bertz CT molecular complexity index is 682. The lowest BCUT2D eigenvalue weighted by Gasteiger charge is -2.11. The van der Waals surface area contributed by atoms with Crippen molar-refractivity contribution in [3.05, 3.63) is 51.5 Å². The molecule has 0 aliphatic carbocycles. The van der Waals surface area contributed by atoms with E-state index in [-0.39, 0.29) is 22.4 Å². The fraction of sp³-hybridized carbons (Fsp3) is 0. The van der Waals surface area contributed by atoms with Gasteiger partial charge in [0.1, 0.15) is 11.6 Å². The lowest BCUT2D eigenvalue weighted by Crippen LogP contribution is -2.14. The van der Waals surface area contributed by atoms with Crippen LogP contribution in [0.3, 0.4) is 0 Å². The first-order chi connectivity index (χ1) is 9.52. The highest BCUT2D eigenvalue weighted by Gasteiger charge is 2.13. The van der Waals surface area contributed by atoms with Crippen molar-refractivity contribution in [1.29, 1.82) is 0 Å². The largest absolute Gasteiger partial charge is 0.454 e. The average Bonchev–Trinajstić information content (AvgIpc) is 2.44. The number of rotatable bonds is 3. The number of oxime groups is 1. The molecule has 20 heavy (non-hydrogen) atoms. The molecule has 0 unspecified atom stereocenters. The third-order valence-corrected chi connectivity index (χ3v) is 3.27. The molecule has 0 aliphatic rings. The molecular formula is C12H8BrClFN3O2. The van der Waals surface area contributed by atoms with E-state index in [1.165, 1.54) is 24.5 Å². The second-order valence-corrected chi connectivity index (χ2v) is 4.92. The van der Waals surface area contributed by atoms with Gasteiger partial charge < -0.3 is 15.7 Å². The summed E-state index contributed by atoms with van der Waals surface area (Å²) in [7, 11) is 0. The molecule has 0 radical (unpaired) electrons. The summed E-state index contributed by atoms with van der Waals surface area (Å²) in [4.78, 5) is 3.88. The number of nitrogens with two attached hydrogens (primary N) is 1. The first kappa shape index (κ1) is 14.5. The van der Waals surface area contributed by atoms with Crippen LogP contribution in [0, 0.1) is 5.82 Å². The van der Waals surface area contributed by atoms with E-state index in [1.807, 2.05) is 0 Å². The average molecular weight is 361 g/mol. The molecular weight excluding hydrogens is 353 g/mol. The smallest absolute Gasteiger partial charge is 0.173 e. The highest BCUT2D eigenvalue weighted by atomic mass is 79.9. The van der Waals surface area contributed by atoms with Crippen LogP contribution in [0.25, 0.3) is 0 Å². The quantitative estimate of drug-likeness (QED) is 0.288.